The number of anilines is 1. The molecule has 106 valence electrons. The maximum atomic E-state index is 13.8. The number of hydrogen-bond donors (Lipinski definition) is 1. The Kier molecular flexibility index (Phi) is 3.48. The van der Waals surface area contributed by atoms with Gasteiger partial charge in [0.1, 0.15) is 12.1 Å². The highest BCUT2D eigenvalue weighted by atomic mass is 79.9. The van der Waals surface area contributed by atoms with Crippen LogP contribution in [0.5, 0.6) is 0 Å². The van der Waals surface area contributed by atoms with E-state index in [0.717, 1.165) is 0 Å². The third-order valence-electron chi connectivity index (χ3n) is 2.67. The Morgan fingerprint density at radius 3 is 2.90 bits per heavy atom. The van der Waals surface area contributed by atoms with E-state index in [9.17, 15) is 9.18 Å². The second kappa shape index (κ2) is 5.44. The lowest BCUT2D eigenvalue weighted by Gasteiger charge is -2.07. The van der Waals surface area contributed by atoms with Crippen LogP contribution in [0.2, 0.25) is 0 Å². The number of aromatic nitrogens is 4. The molecule has 2 aromatic heterocycles. The molecule has 0 saturated heterocycles. The molecule has 9 heteroatoms. The molecule has 7 nitrogen and oxygen atoms in total. The van der Waals surface area contributed by atoms with Gasteiger partial charge in [0.05, 0.1) is 23.2 Å². The van der Waals surface area contributed by atoms with Gasteiger partial charge in [-0.2, -0.15) is 0 Å². The SMILES string of the molecule is O=C(Nc1cc(-n2cnnn2)ccc1F)c1ccoc1Br. The van der Waals surface area contributed by atoms with Crippen molar-refractivity contribution in [2.75, 3.05) is 5.32 Å². The lowest BCUT2D eigenvalue weighted by Crippen LogP contribution is -2.13. The van der Waals surface area contributed by atoms with Crippen LogP contribution in [-0.4, -0.2) is 26.1 Å². The van der Waals surface area contributed by atoms with E-state index in [2.05, 4.69) is 36.8 Å². The molecule has 1 amide bonds. The number of amides is 1. The van der Waals surface area contributed by atoms with E-state index >= 15 is 0 Å². The smallest absolute Gasteiger partial charge is 0.260 e. The van der Waals surface area contributed by atoms with Crippen molar-refractivity contribution in [2.24, 2.45) is 0 Å². The molecule has 21 heavy (non-hydrogen) atoms. The molecule has 1 N–H and O–H groups in total. The van der Waals surface area contributed by atoms with Crippen LogP contribution in [0.4, 0.5) is 10.1 Å². The maximum absolute atomic E-state index is 13.8. The third kappa shape index (κ3) is 2.68. The molecule has 0 fully saturated rings. The Morgan fingerprint density at radius 1 is 1.38 bits per heavy atom. The summed E-state index contributed by atoms with van der Waals surface area (Å²) in [5, 5.41) is 13.2. The Labute approximate surface area is 125 Å². The standard InChI is InChI=1S/C12H7BrFN5O2/c13-11-8(3-4-21-11)12(20)16-10-5-7(1-2-9(10)14)19-6-15-17-18-19/h1-6H,(H,16,20). The van der Waals surface area contributed by atoms with E-state index in [4.69, 9.17) is 4.42 Å². The van der Waals surface area contributed by atoms with Crippen molar-refractivity contribution in [1.29, 1.82) is 0 Å². The highest BCUT2D eigenvalue weighted by molar-refractivity contribution is 9.10. The number of carbonyl (C=O) groups is 1. The summed E-state index contributed by atoms with van der Waals surface area (Å²) < 4.78 is 20.4. The molecule has 0 aliphatic rings. The van der Waals surface area contributed by atoms with Crippen molar-refractivity contribution in [3.63, 3.8) is 0 Å². The van der Waals surface area contributed by atoms with Gasteiger partial charge in [0.25, 0.3) is 5.91 Å². The summed E-state index contributed by atoms with van der Waals surface area (Å²) in [4.78, 5) is 12.0. The molecule has 2 heterocycles. The molecule has 3 rings (SSSR count). The number of benzene rings is 1. The summed E-state index contributed by atoms with van der Waals surface area (Å²) in [6.07, 6.45) is 2.72. The second-order valence-electron chi connectivity index (χ2n) is 3.98. The van der Waals surface area contributed by atoms with Crippen LogP contribution in [0.15, 0.2) is 45.9 Å². The number of nitrogens with one attached hydrogen (secondary N) is 1. The minimum absolute atomic E-state index is 0.0149. The quantitative estimate of drug-likeness (QED) is 0.782. The van der Waals surface area contributed by atoms with Crippen LogP contribution in [0.3, 0.4) is 0 Å². The van der Waals surface area contributed by atoms with Gasteiger partial charge in [-0.25, -0.2) is 9.07 Å². The first kappa shape index (κ1) is 13.4. The fraction of sp³-hybridized carbons (Fsp3) is 0. The lowest BCUT2D eigenvalue weighted by molar-refractivity contribution is 0.102. The van der Waals surface area contributed by atoms with Crippen molar-refractivity contribution in [2.45, 2.75) is 0 Å². The zero-order valence-electron chi connectivity index (χ0n) is 10.3. The topological polar surface area (TPSA) is 85.8 Å². The van der Waals surface area contributed by atoms with E-state index in [1.54, 1.807) is 0 Å². The Hall–Kier alpha value is -2.55. The third-order valence-corrected chi connectivity index (χ3v) is 3.29. The number of carbonyl (C=O) groups excluding carboxylic acids is 1. The van der Waals surface area contributed by atoms with E-state index in [1.807, 2.05) is 0 Å². The fourth-order valence-corrected chi connectivity index (χ4v) is 2.10. The zero-order chi connectivity index (χ0) is 14.8. The summed E-state index contributed by atoms with van der Waals surface area (Å²) >= 11 is 3.09. The fourth-order valence-electron chi connectivity index (χ4n) is 1.68. The Morgan fingerprint density at radius 2 is 2.24 bits per heavy atom. The van der Waals surface area contributed by atoms with Crippen LogP contribution < -0.4 is 5.32 Å². The van der Waals surface area contributed by atoms with Gasteiger partial charge in [0, 0.05) is 0 Å². The average molecular weight is 352 g/mol. The van der Waals surface area contributed by atoms with E-state index in [-0.39, 0.29) is 15.9 Å². The monoisotopic (exact) mass is 351 g/mol. The number of furan rings is 1. The maximum Gasteiger partial charge on any atom is 0.260 e. The van der Waals surface area contributed by atoms with Crippen molar-refractivity contribution >= 4 is 27.5 Å². The number of hydrogen-bond acceptors (Lipinski definition) is 5. The average Bonchev–Trinajstić information content (AvgIpc) is 3.12. The first-order valence-electron chi connectivity index (χ1n) is 5.72. The lowest BCUT2D eigenvalue weighted by atomic mass is 10.2. The van der Waals surface area contributed by atoms with Gasteiger partial charge in [-0.1, -0.05) is 0 Å². The summed E-state index contributed by atoms with van der Waals surface area (Å²) in [6.45, 7) is 0. The molecule has 0 saturated carbocycles. The number of nitrogens with zero attached hydrogens (tertiary/aromatic N) is 4. The number of rotatable bonds is 3. The van der Waals surface area contributed by atoms with Crippen molar-refractivity contribution in [3.05, 3.63) is 52.9 Å². The molecule has 0 aliphatic heterocycles. The summed E-state index contributed by atoms with van der Waals surface area (Å²) in [6, 6.07) is 5.62. The highest BCUT2D eigenvalue weighted by Crippen LogP contribution is 2.22. The normalized spacial score (nSPS) is 10.6. The van der Waals surface area contributed by atoms with Crippen LogP contribution in [0, 0.1) is 5.82 Å². The molecule has 0 radical (unpaired) electrons. The van der Waals surface area contributed by atoms with Gasteiger partial charge in [0.2, 0.25) is 0 Å². The van der Waals surface area contributed by atoms with E-state index < -0.39 is 11.7 Å². The van der Waals surface area contributed by atoms with Crippen molar-refractivity contribution < 1.29 is 13.6 Å². The van der Waals surface area contributed by atoms with Gasteiger partial charge in [-0.15, -0.1) is 5.10 Å². The first-order valence-corrected chi connectivity index (χ1v) is 6.51. The molecule has 0 spiro atoms. The summed E-state index contributed by atoms with van der Waals surface area (Å²) in [7, 11) is 0. The van der Waals surface area contributed by atoms with Gasteiger partial charge >= 0.3 is 0 Å². The Balaban J connectivity index is 1.90. The molecule has 1 aromatic carbocycles. The van der Waals surface area contributed by atoms with Crippen molar-refractivity contribution in [1.82, 2.24) is 20.2 Å². The zero-order valence-corrected chi connectivity index (χ0v) is 11.9. The molecular weight excluding hydrogens is 345 g/mol. The summed E-state index contributed by atoms with van der Waals surface area (Å²) in [5.41, 5.74) is 0.797. The van der Waals surface area contributed by atoms with Crippen LogP contribution in [0.1, 0.15) is 10.4 Å². The second-order valence-corrected chi connectivity index (χ2v) is 4.70. The minimum atomic E-state index is -0.570. The van der Waals surface area contributed by atoms with Gasteiger partial charge in [-0.05, 0) is 50.6 Å². The molecule has 0 unspecified atom stereocenters. The predicted octanol–water partition coefficient (Wildman–Crippen LogP) is 2.41. The van der Waals surface area contributed by atoms with Gasteiger partial charge in [-0.3, -0.25) is 4.79 Å². The van der Waals surface area contributed by atoms with Gasteiger partial charge < -0.3 is 9.73 Å². The molecule has 0 atom stereocenters. The predicted molar refractivity (Wildman–Crippen MR) is 73.5 cm³/mol. The molecule has 0 bridgehead atoms. The Bertz CT molecular complexity index is 787. The van der Waals surface area contributed by atoms with Crippen LogP contribution in [-0.2, 0) is 0 Å². The molecule has 0 aliphatic carbocycles. The first-order chi connectivity index (χ1) is 10.1. The van der Waals surface area contributed by atoms with Gasteiger partial charge in [0.15, 0.2) is 4.67 Å². The molecule has 3 aromatic rings. The molecular formula is C12H7BrFN5O2. The summed E-state index contributed by atoms with van der Waals surface area (Å²) in [5.74, 6) is -1.07. The van der Waals surface area contributed by atoms with Crippen molar-refractivity contribution in [3.8, 4) is 5.69 Å². The number of halogens is 2. The van der Waals surface area contributed by atoms with Crippen LogP contribution >= 0.6 is 15.9 Å². The number of tetrazole rings is 1. The van der Waals surface area contributed by atoms with E-state index in [0.29, 0.717) is 5.69 Å². The highest BCUT2D eigenvalue weighted by Gasteiger charge is 2.15. The minimum Gasteiger partial charge on any atom is -0.457 e. The van der Waals surface area contributed by atoms with E-state index in [1.165, 1.54) is 41.5 Å². The largest absolute Gasteiger partial charge is 0.457 e. The van der Waals surface area contributed by atoms with Crippen LogP contribution in [0.25, 0.3) is 5.69 Å².